The van der Waals surface area contributed by atoms with Gasteiger partial charge in [0.05, 0.1) is 20.6 Å². The molecule has 0 saturated heterocycles. The maximum absolute atomic E-state index is 12.8. The summed E-state index contributed by atoms with van der Waals surface area (Å²) in [4.78, 5) is 11.3. The minimum atomic E-state index is -4.11. The number of para-hydroxylation sites is 1. The van der Waals surface area contributed by atoms with Crippen molar-refractivity contribution in [3.63, 3.8) is 0 Å². The normalized spacial score (nSPS) is 11.3. The summed E-state index contributed by atoms with van der Waals surface area (Å²) in [5.74, 6) is -0.849. The Kier molecular flexibility index (Phi) is 5.41. The molecule has 0 fully saturated rings. The second kappa shape index (κ2) is 6.97. The zero-order chi connectivity index (χ0) is 17.2. The monoisotopic (exact) mass is 392 g/mol. The Labute approximate surface area is 148 Å². The highest BCUT2D eigenvalue weighted by Crippen LogP contribution is 2.36. The summed E-state index contributed by atoms with van der Waals surface area (Å²) in [5.41, 5.74) is 5.17. The van der Waals surface area contributed by atoms with E-state index < -0.39 is 22.5 Å². The molecule has 5 nitrogen and oxygen atoms in total. The van der Waals surface area contributed by atoms with Crippen LogP contribution < -0.4 is 10.0 Å². The minimum absolute atomic E-state index is 0.00965. The number of halogens is 3. The van der Waals surface area contributed by atoms with Crippen molar-refractivity contribution in [3.8, 4) is 0 Å². The molecule has 2 rings (SSSR count). The molecule has 23 heavy (non-hydrogen) atoms. The Bertz CT molecular complexity index is 819. The molecule has 0 unspecified atom stereocenters. The lowest BCUT2D eigenvalue weighted by atomic mass is 10.3. The van der Waals surface area contributed by atoms with Gasteiger partial charge in [-0.1, -0.05) is 40.9 Å². The molecule has 2 aromatic carbocycles. The molecule has 122 valence electrons. The average molecular weight is 394 g/mol. The van der Waals surface area contributed by atoms with Gasteiger partial charge in [-0.3, -0.25) is 9.10 Å². The van der Waals surface area contributed by atoms with E-state index in [-0.39, 0.29) is 20.6 Å². The largest absolute Gasteiger partial charge is 0.368 e. The van der Waals surface area contributed by atoms with Crippen molar-refractivity contribution in [3.05, 3.63) is 57.5 Å². The van der Waals surface area contributed by atoms with Crippen molar-refractivity contribution in [2.45, 2.75) is 4.90 Å². The van der Waals surface area contributed by atoms with E-state index in [9.17, 15) is 13.2 Å². The Morgan fingerprint density at radius 3 is 2.00 bits per heavy atom. The van der Waals surface area contributed by atoms with Crippen molar-refractivity contribution in [2.75, 3.05) is 10.8 Å². The van der Waals surface area contributed by atoms with Crippen LogP contribution in [0.1, 0.15) is 0 Å². The zero-order valence-corrected chi connectivity index (χ0v) is 14.6. The molecule has 0 spiro atoms. The Morgan fingerprint density at radius 2 is 1.52 bits per heavy atom. The predicted molar refractivity (Wildman–Crippen MR) is 91.6 cm³/mol. The summed E-state index contributed by atoms with van der Waals surface area (Å²) < 4.78 is 26.5. The second-order valence-corrected chi connectivity index (χ2v) is 7.62. The second-order valence-electron chi connectivity index (χ2n) is 4.50. The molecule has 0 aliphatic heterocycles. The van der Waals surface area contributed by atoms with E-state index in [0.29, 0.717) is 5.02 Å². The topological polar surface area (TPSA) is 80.5 Å². The number of carbonyl (C=O) groups is 1. The highest BCUT2D eigenvalue weighted by Gasteiger charge is 2.29. The molecular formula is C14H11Cl3N2O3S. The van der Waals surface area contributed by atoms with Gasteiger partial charge in [-0.15, -0.1) is 0 Å². The van der Waals surface area contributed by atoms with E-state index in [1.807, 2.05) is 0 Å². The van der Waals surface area contributed by atoms with E-state index >= 15 is 0 Å². The molecule has 0 heterocycles. The number of anilines is 1. The Hall–Kier alpha value is -1.47. The van der Waals surface area contributed by atoms with E-state index in [2.05, 4.69) is 0 Å². The Morgan fingerprint density at radius 1 is 1.00 bits per heavy atom. The maximum atomic E-state index is 12.8. The first-order valence-corrected chi connectivity index (χ1v) is 8.81. The van der Waals surface area contributed by atoms with Gasteiger partial charge in [-0.05, 0) is 36.4 Å². The fourth-order valence-corrected chi connectivity index (χ4v) is 4.18. The first-order chi connectivity index (χ1) is 10.7. The number of carbonyl (C=O) groups excluding carboxylic acids is 1. The third-order valence-corrected chi connectivity index (χ3v) is 5.51. The van der Waals surface area contributed by atoms with Gasteiger partial charge in [-0.25, -0.2) is 8.42 Å². The van der Waals surface area contributed by atoms with E-state index in [1.165, 1.54) is 36.4 Å². The third kappa shape index (κ3) is 3.90. The molecule has 2 N–H and O–H groups in total. The molecule has 0 radical (unpaired) electrons. The number of benzene rings is 2. The number of hydrogen-bond acceptors (Lipinski definition) is 3. The van der Waals surface area contributed by atoms with Gasteiger partial charge in [0.25, 0.3) is 10.0 Å². The van der Waals surface area contributed by atoms with Crippen LogP contribution in [0.25, 0.3) is 0 Å². The van der Waals surface area contributed by atoms with Gasteiger partial charge in [-0.2, -0.15) is 0 Å². The summed E-state index contributed by atoms with van der Waals surface area (Å²) in [7, 11) is -4.11. The quantitative estimate of drug-likeness (QED) is 0.846. The summed E-state index contributed by atoms with van der Waals surface area (Å²) in [6.45, 7) is -0.603. The van der Waals surface area contributed by atoms with Crippen molar-refractivity contribution < 1.29 is 13.2 Å². The standard InChI is InChI=1S/C14H11Cl3N2O3S/c15-9-4-6-10(7-5-9)23(21,22)19(8-13(18)20)14-11(16)2-1-3-12(14)17/h1-7H,8H2,(H2,18,20). The van der Waals surface area contributed by atoms with E-state index in [1.54, 1.807) is 6.07 Å². The van der Waals surface area contributed by atoms with Crippen molar-refractivity contribution >= 4 is 56.4 Å². The molecule has 0 atom stereocenters. The number of sulfonamides is 1. The molecule has 1 amide bonds. The lowest BCUT2D eigenvalue weighted by Gasteiger charge is -2.25. The van der Waals surface area contributed by atoms with Crippen molar-refractivity contribution in [2.24, 2.45) is 5.73 Å². The number of hydrogen-bond donors (Lipinski definition) is 1. The lowest BCUT2D eigenvalue weighted by molar-refractivity contribution is -0.116. The molecule has 0 bridgehead atoms. The Balaban J connectivity index is 2.63. The highest BCUT2D eigenvalue weighted by atomic mass is 35.5. The highest BCUT2D eigenvalue weighted by molar-refractivity contribution is 7.92. The smallest absolute Gasteiger partial charge is 0.264 e. The number of primary amides is 1. The summed E-state index contributed by atoms with van der Waals surface area (Å²) >= 11 is 17.9. The predicted octanol–water partition coefficient (Wildman–Crippen LogP) is 3.33. The number of nitrogens with two attached hydrogens (primary N) is 1. The summed E-state index contributed by atoms with van der Waals surface area (Å²) in [6, 6.07) is 9.97. The number of nitrogens with zero attached hydrogens (tertiary/aromatic N) is 1. The van der Waals surface area contributed by atoms with Crippen molar-refractivity contribution in [1.29, 1.82) is 0 Å². The van der Waals surface area contributed by atoms with Crippen LogP contribution in [0.2, 0.25) is 15.1 Å². The number of rotatable bonds is 5. The zero-order valence-electron chi connectivity index (χ0n) is 11.5. The average Bonchev–Trinajstić information content (AvgIpc) is 2.46. The molecule has 0 saturated carbocycles. The van der Waals surface area contributed by atoms with Gasteiger partial charge in [0.1, 0.15) is 6.54 Å². The van der Waals surface area contributed by atoms with E-state index in [0.717, 1.165) is 4.31 Å². The molecule has 9 heteroatoms. The van der Waals surface area contributed by atoms with Gasteiger partial charge >= 0.3 is 0 Å². The van der Waals surface area contributed by atoms with Crippen LogP contribution in [0, 0.1) is 0 Å². The minimum Gasteiger partial charge on any atom is -0.368 e. The fraction of sp³-hybridized carbons (Fsp3) is 0.0714. The molecule has 2 aromatic rings. The van der Waals surface area contributed by atoms with Gasteiger partial charge in [0, 0.05) is 5.02 Å². The van der Waals surface area contributed by atoms with Crippen LogP contribution in [0.3, 0.4) is 0 Å². The van der Waals surface area contributed by atoms with Gasteiger partial charge in [0.2, 0.25) is 5.91 Å². The van der Waals surface area contributed by atoms with Gasteiger partial charge in [0.15, 0.2) is 0 Å². The molecule has 0 aliphatic carbocycles. The van der Waals surface area contributed by atoms with Crippen molar-refractivity contribution in [1.82, 2.24) is 0 Å². The van der Waals surface area contributed by atoms with Crippen LogP contribution >= 0.6 is 34.8 Å². The molecular weight excluding hydrogens is 383 g/mol. The molecule has 0 aromatic heterocycles. The van der Waals surface area contributed by atoms with Crippen LogP contribution in [-0.2, 0) is 14.8 Å². The first kappa shape index (κ1) is 17.9. The summed E-state index contributed by atoms with van der Waals surface area (Å²) in [5, 5.41) is 0.536. The van der Waals surface area contributed by atoms with E-state index in [4.69, 9.17) is 40.5 Å². The maximum Gasteiger partial charge on any atom is 0.264 e. The number of amides is 1. The SMILES string of the molecule is NC(=O)CN(c1c(Cl)cccc1Cl)S(=O)(=O)c1ccc(Cl)cc1. The van der Waals surface area contributed by atoms with Gasteiger partial charge < -0.3 is 5.73 Å². The lowest BCUT2D eigenvalue weighted by Crippen LogP contribution is -2.38. The first-order valence-electron chi connectivity index (χ1n) is 6.24. The van der Waals surface area contributed by atoms with Crippen LogP contribution in [0.5, 0.6) is 0 Å². The fourth-order valence-electron chi connectivity index (χ4n) is 1.89. The third-order valence-electron chi connectivity index (χ3n) is 2.89. The molecule has 0 aliphatic rings. The van der Waals surface area contributed by atoms with Crippen LogP contribution in [0.4, 0.5) is 5.69 Å². The van der Waals surface area contributed by atoms with Crippen LogP contribution in [-0.4, -0.2) is 20.9 Å². The summed E-state index contributed by atoms with van der Waals surface area (Å²) in [6.07, 6.45) is 0. The van der Waals surface area contributed by atoms with Crippen LogP contribution in [0.15, 0.2) is 47.4 Å².